The number of hydrogen-bond donors (Lipinski definition) is 2. The van der Waals surface area contributed by atoms with Crippen molar-refractivity contribution in [3.63, 3.8) is 0 Å². The Balaban J connectivity index is 2.16. The molecule has 1 aromatic heterocycles. The standard InChI is InChI=1S/C12H17N3O5/c1-20-5-4-15-11(18)3-2-8(13-15)12(19)14-6-9(16)10(17)7-14/h2-3,9-10,16-17H,4-7H2,1H3/t9-,10+. The third-order valence-electron chi connectivity index (χ3n) is 3.14. The van der Waals surface area contributed by atoms with E-state index < -0.39 is 18.1 Å². The van der Waals surface area contributed by atoms with E-state index in [1.165, 1.54) is 24.1 Å². The second-order valence-corrected chi connectivity index (χ2v) is 4.62. The van der Waals surface area contributed by atoms with Crippen LogP contribution in [0.2, 0.25) is 0 Å². The second-order valence-electron chi connectivity index (χ2n) is 4.62. The van der Waals surface area contributed by atoms with Gasteiger partial charge in [0.2, 0.25) is 0 Å². The largest absolute Gasteiger partial charge is 0.388 e. The van der Waals surface area contributed by atoms with Gasteiger partial charge in [0, 0.05) is 26.3 Å². The molecule has 0 radical (unpaired) electrons. The zero-order valence-corrected chi connectivity index (χ0v) is 11.1. The summed E-state index contributed by atoms with van der Waals surface area (Å²) >= 11 is 0. The van der Waals surface area contributed by atoms with Gasteiger partial charge in [-0.25, -0.2) is 4.68 Å². The molecule has 0 aromatic carbocycles. The third kappa shape index (κ3) is 3.03. The first kappa shape index (κ1) is 14.6. The number of methoxy groups -OCH3 is 1. The fraction of sp³-hybridized carbons (Fsp3) is 0.583. The van der Waals surface area contributed by atoms with Crippen LogP contribution in [0.15, 0.2) is 16.9 Å². The molecule has 2 N–H and O–H groups in total. The molecule has 1 fully saturated rings. The maximum absolute atomic E-state index is 12.2. The highest BCUT2D eigenvalue weighted by atomic mass is 16.5. The fourth-order valence-electron chi connectivity index (χ4n) is 2.00. The van der Waals surface area contributed by atoms with E-state index in [9.17, 15) is 19.8 Å². The number of carbonyl (C=O) groups excluding carboxylic acids is 1. The quantitative estimate of drug-likeness (QED) is 0.666. The van der Waals surface area contributed by atoms with Gasteiger partial charge in [0.05, 0.1) is 25.4 Å². The Kier molecular flexibility index (Phi) is 4.48. The van der Waals surface area contributed by atoms with Crippen molar-refractivity contribution in [1.82, 2.24) is 14.7 Å². The minimum Gasteiger partial charge on any atom is -0.388 e. The maximum Gasteiger partial charge on any atom is 0.274 e. The highest BCUT2D eigenvalue weighted by molar-refractivity contribution is 5.92. The van der Waals surface area contributed by atoms with E-state index in [-0.39, 0.29) is 30.9 Å². The van der Waals surface area contributed by atoms with Crippen LogP contribution in [0.1, 0.15) is 10.5 Å². The first-order valence-electron chi connectivity index (χ1n) is 6.25. The van der Waals surface area contributed by atoms with Crippen LogP contribution in [-0.4, -0.2) is 69.8 Å². The Morgan fingerprint density at radius 3 is 2.65 bits per heavy atom. The molecule has 20 heavy (non-hydrogen) atoms. The van der Waals surface area contributed by atoms with Crippen LogP contribution in [-0.2, 0) is 11.3 Å². The Morgan fingerprint density at radius 1 is 1.40 bits per heavy atom. The lowest BCUT2D eigenvalue weighted by Crippen LogP contribution is -2.33. The number of ether oxygens (including phenoxy) is 1. The smallest absolute Gasteiger partial charge is 0.274 e. The molecule has 0 aliphatic carbocycles. The first-order chi connectivity index (χ1) is 9.52. The topological polar surface area (TPSA) is 105 Å². The summed E-state index contributed by atoms with van der Waals surface area (Å²) in [5.74, 6) is -0.424. The first-order valence-corrected chi connectivity index (χ1v) is 6.25. The molecule has 1 aliphatic rings. The number of nitrogens with zero attached hydrogens (tertiary/aromatic N) is 3. The molecule has 1 saturated heterocycles. The van der Waals surface area contributed by atoms with Gasteiger partial charge in [-0.15, -0.1) is 0 Å². The highest BCUT2D eigenvalue weighted by Crippen LogP contribution is 2.12. The number of rotatable bonds is 4. The molecule has 0 unspecified atom stereocenters. The van der Waals surface area contributed by atoms with Crippen molar-refractivity contribution >= 4 is 5.91 Å². The van der Waals surface area contributed by atoms with Crippen LogP contribution >= 0.6 is 0 Å². The van der Waals surface area contributed by atoms with E-state index in [2.05, 4.69) is 5.10 Å². The summed E-state index contributed by atoms with van der Waals surface area (Å²) in [6.45, 7) is 0.672. The lowest BCUT2D eigenvalue weighted by molar-refractivity contribution is 0.0572. The Morgan fingerprint density at radius 2 is 2.05 bits per heavy atom. The molecule has 1 aliphatic heterocycles. The van der Waals surface area contributed by atoms with Crippen LogP contribution in [0.25, 0.3) is 0 Å². The van der Waals surface area contributed by atoms with Crippen LogP contribution in [0.4, 0.5) is 0 Å². The molecule has 110 valence electrons. The molecule has 0 bridgehead atoms. The number of aliphatic hydroxyl groups excluding tert-OH is 2. The van der Waals surface area contributed by atoms with Crippen molar-refractivity contribution in [2.75, 3.05) is 26.8 Å². The van der Waals surface area contributed by atoms with E-state index in [1.54, 1.807) is 0 Å². The van der Waals surface area contributed by atoms with Gasteiger partial charge in [0.1, 0.15) is 5.69 Å². The summed E-state index contributed by atoms with van der Waals surface area (Å²) in [6, 6.07) is 2.60. The van der Waals surface area contributed by atoms with Crippen molar-refractivity contribution in [1.29, 1.82) is 0 Å². The van der Waals surface area contributed by atoms with Crippen LogP contribution in [0.3, 0.4) is 0 Å². The van der Waals surface area contributed by atoms with E-state index >= 15 is 0 Å². The number of aliphatic hydroxyl groups is 2. The Bertz CT molecular complexity index is 534. The zero-order chi connectivity index (χ0) is 14.7. The normalized spacial score (nSPS) is 22.2. The van der Waals surface area contributed by atoms with Crippen molar-refractivity contribution < 1.29 is 19.7 Å². The highest BCUT2D eigenvalue weighted by Gasteiger charge is 2.33. The van der Waals surface area contributed by atoms with Gasteiger partial charge in [0.25, 0.3) is 11.5 Å². The molecule has 8 nitrogen and oxygen atoms in total. The SMILES string of the molecule is COCCn1nc(C(=O)N2C[C@@H](O)[C@@H](O)C2)ccc1=O. The van der Waals surface area contributed by atoms with E-state index in [4.69, 9.17) is 4.74 Å². The average molecular weight is 283 g/mol. The minimum absolute atomic E-state index is 0.0544. The summed E-state index contributed by atoms with van der Waals surface area (Å²) in [6.07, 6.45) is -1.89. The monoisotopic (exact) mass is 283 g/mol. The number of likely N-dealkylation sites (tertiary alicyclic amines) is 1. The van der Waals surface area contributed by atoms with Crippen molar-refractivity contribution in [2.24, 2.45) is 0 Å². The Labute approximate surface area is 115 Å². The van der Waals surface area contributed by atoms with Crippen LogP contribution in [0.5, 0.6) is 0 Å². The molecule has 2 atom stereocenters. The predicted octanol–water partition coefficient (Wildman–Crippen LogP) is -1.93. The molecule has 8 heteroatoms. The third-order valence-corrected chi connectivity index (χ3v) is 3.14. The molecule has 1 amide bonds. The van der Waals surface area contributed by atoms with Gasteiger partial charge in [0.15, 0.2) is 0 Å². The maximum atomic E-state index is 12.2. The van der Waals surface area contributed by atoms with E-state index in [1.807, 2.05) is 0 Å². The van der Waals surface area contributed by atoms with Gasteiger partial charge in [-0.3, -0.25) is 9.59 Å². The predicted molar refractivity (Wildman–Crippen MR) is 68.3 cm³/mol. The summed E-state index contributed by atoms with van der Waals surface area (Å²) in [4.78, 5) is 25.0. The van der Waals surface area contributed by atoms with E-state index in [0.717, 1.165) is 4.68 Å². The van der Waals surface area contributed by atoms with Crippen LogP contribution < -0.4 is 5.56 Å². The number of amides is 1. The number of carbonyl (C=O) groups is 1. The van der Waals surface area contributed by atoms with Crippen LogP contribution in [0, 0.1) is 0 Å². The van der Waals surface area contributed by atoms with Crippen molar-refractivity contribution in [3.05, 3.63) is 28.2 Å². The molecule has 2 rings (SSSR count). The molecule has 0 spiro atoms. The van der Waals surface area contributed by atoms with Crippen molar-refractivity contribution in [3.8, 4) is 0 Å². The second kappa shape index (κ2) is 6.12. The number of hydrogen-bond acceptors (Lipinski definition) is 6. The van der Waals surface area contributed by atoms with Gasteiger partial charge in [-0.1, -0.05) is 0 Å². The zero-order valence-electron chi connectivity index (χ0n) is 11.1. The molecular weight excluding hydrogens is 266 g/mol. The molecule has 1 aromatic rings. The van der Waals surface area contributed by atoms with Gasteiger partial charge < -0.3 is 19.8 Å². The molecule has 0 saturated carbocycles. The Hall–Kier alpha value is -1.77. The number of β-amino-alcohol motifs (C(OH)–C–C–N with tert-alkyl or cyclic N) is 2. The minimum atomic E-state index is -0.946. The lowest BCUT2D eigenvalue weighted by atomic mass is 10.3. The molecule has 2 heterocycles. The van der Waals surface area contributed by atoms with Gasteiger partial charge >= 0.3 is 0 Å². The summed E-state index contributed by atoms with van der Waals surface area (Å²) in [5.41, 5.74) is -0.220. The number of aromatic nitrogens is 2. The lowest BCUT2D eigenvalue weighted by Gasteiger charge is -2.15. The summed E-state index contributed by atoms with van der Waals surface area (Å²) in [7, 11) is 1.51. The average Bonchev–Trinajstić information content (AvgIpc) is 2.77. The van der Waals surface area contributed by atoms with Gasteiger partial charge in [-0.2, -0.15) is 5.10 Å². The summed E-state index contributed by atoms with van der Waals surface area (Å²) < 4.78 is 6.02. The van der Waals surface area contributed by atoms with E-state index in [0.29, 0.717) is 6.61 Å². The fourth-order valence-corrected chi connectivity index (χ4v) is 2.00. The van der Waals surface area contributed by atoms with Gasteiger partial charge in [-0.05, 0) is 6.07 Å². The molecular formula is C12H17N3O5. The summed E-state index contributed by atoms with van der Waals surface area (Å²) in [5, 5.41) is 22.9. The van der Waals surface area contributed by atoms with Crippen molar-refractivity contribution in [2.45, 2.75) is 18.8 Å².